The number of anilines is 2. The molecule has 2 N–H and O–H groups in total. The summed E-state index contributed by atoms with van der Waals surface area (Å²) in [4.78, 5) is 23.2. The maximum absolute atomic E-state index is 11.8. The monoisotopic (exact) mass is 316 g/mol. The van der Waals surface area contributed by atoms with Crippen LogP contribution in [0.2, 0.25) is 0 Å². The van der Waals surface area contributed by atoms with E-state index in [2.05, 4.69) is 15.4 Å². The average Bonchev–Trinajstić information content (AvgIpc) is 2.56. The number of rotatable bonds is 4. The first-order valence-corrected chi connectivity index (χ1v) is 6.69. The Balaban J connectivity index is 2.08. The number of amides is 2. The van der Waals surface area contributed by atoms with Crippen LogP contribution in [0.25, 0.3) is 0 Å². The topological polar surface area (TPSA) is 85.9 Å². The maximum Gasteiger partial charge on any atom is 0.417 e. The Morgan fingerprint density at radius 1 is 0.913 bits per heavy atom. The van der Waals surface area contributed by atoms with Gasteiger partial charge in [0.1, 0.15) is 11.5 Å². The van der Waals surface area contributed by atoms with Gasteiger partial charge in [0.25, 0.3) is 0 Å². The summed E-state index contributed by atoms with van der Waals surface area (Å²) < 4.78 is 14.8. The summed E-state index contributed by atoms with van der Waals surface area (Å²) in [7, 11) is 2.72. The van der Waals surface area contributed by atoms with Crippen LogP contribution in [-0.2, 0) is 4.74 Å². The van der Waals surface area contributed by atoms with Crippen molar-refractivity contribution < 1.29 is 23.8 Å². The highest BCUT2D eigenvalue weighted by atomic mass is 16.6. The molecular formula is C16H16N2O5. The van der Waals surface area contributed by atoms with Crippen molar-refractivity contribution >= 4 is 23.6 Å². The number of carbonyl (C=O) groups excluding carboxylic acids is 2. The molecule has 120 valence electrons. The molecule has 0 unspecified atom stereocenters. The van der Waals surface area contributed by atoms with Gasteiger partial charge >= 0.3 is 12.2 Å². The number of nitrogens with one attached hydrogen (secondary N) is 2. The van der Waals surface area contributed by atoms with E-state index >= 15 is 0 Å². The molecule has 0 aliphatic heterocycles. The van der Waals surface area contributed by atoms with E-state index in [1.807, 2.05) is 6.07 Å². The highest BCUT2D eigenvalue weighted by Crippen LogP contribution is 2.28. The number of benzene rings is 2. The Hall–Kier alpha value is -3.22. The predicted molar refractivity (Wildman–Crippen MR) is 85.1 cm³/mol. The molecule has 0 spiro atoms. The quantitative estimate of drug-likeness (QED) is 0.902. The number of para-hydroxylation sites is 1. The van der Waals surface area contributed by atoms with E-state index in [0.29, 0.717) is 22.9 Å². The Morgan fingerprint density at radius 2 is 1.65 bits per heavy atom. The van der Waals surface area contributed by atoms with Gasteiger partial charge in [-0.15, -0.1) is 0 Å². The van der Waals surface area contributed by atoms with Crippen LogP contribution in [0, 0.1) is 0 Å². The highest BCUT2D eigenvalue weighted by molar-refractivity contribution is 5.91. The number of carbonyl (C=O) groups is 2. The summed E-state index contributed by atoms with van der Waals surface area (Å²) in [6.45, 7) is 0. The minimum Gasteiger partial charge on any atom is -0.495 e. The molecule has 0 aromatic heterocycles. The number of hydrogen-bond donors (Lipinski definition) is 2. The van der Waals surface area contributed by atoms with Crippen molar-refractivity contribution in [2.75, 3.05) is 24.9 Å². The van der Waals surface area contributed by atoms with Crippen molar-refractivity contribution in [1.29, 1.82) is 0 Å². The molecule has 2 amide bonds. The molecule has 7 heteroatoms. The lowest BCUT2D eigenvalue weighted by atomic mass is 10.2. The normalized spacial score (nSPS) is 9.65. The van der Waals surface area contributed by atoms with Crippen molar-refractivity contribution in [2.24, 2.45) is 0 Å². The molecule has 0 fully saturated rings. The van der Waals surface area contributed by atoms with Crippen LogP contribution in [0.5, 0.6) is 11.5 Å². The first kappa shape index (κ1) is 16.2. The average molecular weight is 316 g/mol. The van der Waals surface area contributed by atoms with Gasteiger partial charge in [-0.3, -0.25) is 10.6 Å². The fraction of sp³-hybridized carbons (Fsp3) is 0.125. The Morgan fingerprint density at radius 3 is 2.30 bits per heavy atom. The molecule has 0 aliphatic carbocycles. The molecule has 0 heterocycles. The summed E-state index contributed by atoms with van der Waals surface area (Å²) in [6.07, 6.45) is -1.29. The molecule has 2 rings (SSSR count). The molecule has 0 atom stereocenters. The van der Waals surface area contributed by atoms with Crippen LogP contribution in [0.15, 0.2) is 48.5 Å². The van der Waals surface area contributed by atoms with Gasteiger partial charge in [0.15, 0.2) is 0 Å². The smallest absolute Gasteiger partial charge is 0.417 e. The summed E-state index contributed by atoms with van der Waals surface area (Å²) >= 11 is 0. The second kappa shape index (κ2) is 7.69. The van der Waals surface area contributed by atoms with E-state index in [9.17, 15) is 9.59 Å². The lowest BCUT2D eigenvalue weighted by Crippen LogP contribution is -2.17. The molecule has 0 saturated carbocycles. The Kier molecular flexibility index (Phi) is 5.40. The SMILES string of the molecule is COC(=O)Nc1cc(NC(=O)Oc2ccccc2)ccc1OC. The highest BCUT2D eigenvalue weighted by Gasteiger charge is 2.11. The van der Waals surface area contributed by atoms with E-state index in [0.717, 1.165) is 0 Å². The number of hydrogen-bond acceptors (Lipinski definition) is 5. The largest absolute Gasteiger partial charge is 0.495 e. The molecule has 0 radical (unpaired) electrons. The van der Waals surface area contributed by atoms with Crippen LogP contribution in [0.1, 0.15) is 0 Å². The van der Waals surface area contributed by atoms with Crippen LogP contribution in [-0.4, -0.2) is 26.4 Å². The molecular weight excluding hydrogens is 300 g/mol. The third-order valence-corrected chi connectivity index (χ3v) is 2.82. The van der Waals surface area contributed by atoms with Gasteiger partial charge in [-0.25, -0.2) is 9.59 Å². The van der Waals surface area contributed by atoms with Crippen LogP contribution < -0.4 is 20.1 Å². The van der Waals surface area contributed by atoms with E-state index in [1.54, 1.807) is 36.4 Å². The molecule has 7 nitrogen and oxygen atoms in total. The lowest BCUT2D eigenvalue weighted by Gasteiger charge is -2.12. The van der Waals surface area contributed by atoms with Crippen LogP contribution >= 0.6 is 0 Å². The van der Waals surface area contributed by atoms with Crippen LogP contribution in [0.4, 0.5) is 21.0 Å². The summed E-state index contributed by atoms with van der Waals surface area (Å²) in [5, 5.41) is 5.06. The first-order valence-electron chi connectivity index (χ1n) is 6.69. The van der Waals surface area contributed by atoms with Gasteiger partial charge in [0, 0.05) is 5.69 Å². The van der Waals surface area contributed by atoms with Gasteiger partial charge in [-0.1, -0.05) is 18.2 Å². The molecule has 23 heavy (non-hydrogen) atoms. The molecule has 2 aromatic carbocycles. The third kappa shape index (κ3) is 4.63. The van der Waals surface area contributed by atoms with Gasteiger partial charge in [0.2, 0.25) is 0 Å². The molecule has 2 aromatic rings. The van der Waals surface area contributed by atoms with Crippen molar-refractivity contribution in [2.45, 2.75) is 0 Å². The minimum atomic E-state index is -0.648. The standard InChI is InChI=1S/C16H16N2O5/c1-21-14-9-8-11(10-13(14)18-15(19)22-2)17-16(20)23-12-6-4-3-5-7-12/h3-10H,1-2H3,(H,17,20)(H,18,19). The lowest BCUT2D eigenvalue weighted by molar-refractivity contribution is 0.186. The van der Waals surface area contributed by atoms with Gasteiger partial charge in [0.05, 0.1) is 19.9 Å². The van der Waals surface area contributed by atoms with Crippen molar-refractivity contribution in [1.82, 2.24) is 0 Å². The second-order valence-corrected chi connectivity index (χ2v) is 4.36. The zero-order chi connectivity index (χ0) is 16.7. The zero-order valence-corrected chi connectivity index (χ0v) is 12.7. The molecule has 0 bridgehead atoms. The minimum absolute atomic E-state index is 0.358. The molecule has 0 aliphatic rings. The Labute approximate surface area is 133 Å². The van der Waals surface area contributed by atoms with Gasteiger partial charge in [-0.05, 0) is 30.3 Å². The zero-order valence-electron chi connectivity index (χ0n) is 12.7. The number of ether oxygens (including phenoxy) is 3. The fourth-order valence-electron chi connectivity index (χ4n) is 1.78. The number of methoxy groups -OCH3 is 2. The van der Waals surface area contributed by atoms with E-state index in [4.69, 9.17) is 9.47 Å². The maximum atomic E-state index is 11.8. The van der Waals surface area contributed by atoms with Crippen molar-refractivity contribution in [3.63, 3.8) is 0 Å². The Bertz CT molecular complexity index is 688. The van der Waals surface area contributed by atoms with E-state index in [1.165, 1.54) is 20.3 Å². The fourth-order valence-corrected chi connectivity index (χ4v) is 1.78. The van der Waals surface area contributed by atoms with Gasteiger partial charge in [-0.2, -0.15) is 0 Å². The van der Waals surface area contributed by atoms with Crippen molar-refractivity contribution in [3.05, 3.63) is 48.5 Å². The second-order valence-electron chi connectivity index (χ2n) is 4.36. The summed E-state index contributed by atoms with van der Waals surface area (Å²) in [6, 6.07) is 13.4. The summed E-state index contributed by atoms with van der Waals surface area (Å²) in [5.41, 5.74) is 0.787. The summed E-state index contributed by atoms with van der Waals surface area (Å²) in [5.74, 6) is 0.851. The predicted octanol–water partition coefficient (Wildman–Crippen LogP) is 3.48. The van der Waals surface area contributed by atoms with Crippen LogP contribution in [0.3, 0.4) is 0 Å². The molecule has 0 saturated heterocycles. The first-order chi connectivity index (χ1) is 11.1. The van der Waals surface area contributed by atoms with E-state index < -0.39 is 12.2 Å². The van der Waals surface area contributed by atoms with Gasteiger partial charge < -0.3 is 14.2 Å². The third-order valence-electron chi connectivity index (χ3n) is 2.82. The van der Waals surface area contributed by atoms with Crippen molar-refractivity contribution in [3.8, 4) is 11.5 Å². The van der Waals surface area contributed by atoms with E-state index in [-0.39, 0.29) is 0 Å².